The second-order valence-corrected chi connectivity index (χ2v) is 8.73. The number of methoxy groups -OCH3 is 1. The zero-order valence-electron chi connectivity index (χ0n) is 20.4. The summed E-state index contributed by atoms with van der Waals surface area (Å²) in [6.07, 6.45) is 4.77. The van der Waals surface area contributed by atoms with Gasteiger partial charge in [-0.15, -0.1) is 0 Å². The predicted octanol–water partition coefficient (Wildman–Crippen LogP) is 3.46. The minimum Gasteiger partial charge on any atom is -0.494 e. The number of ether oxygens (including phenoxy) is 2. The Bertz CT molecular complexity index is 1220. The Morgan fingerprint density at radius 1 is 1.25 bits per heavy atom. The monoisotopic (exact) mass is 494 g/mol. The first kappa shape index (κ1) is 25.3. The highest BCUT2D eigenvalue weighted by molar-refractivity contribution is 6.08. The summed E-state index contributed by atoms with van der Waals surface area (Å²) < 4.78 is 25.8. The molecule has 10 heteroatoms. The summed E-state index contributed by atoms with van der Waals surface area (Å²) in [6, 6.07) is 9.29. The highest BCUT2D eigenvalue weighted by atomic mass is 19.1. The van der Waals surface area contributed by atoms with E-state index in [1.54, 1.807) is 37.7 Å². The third-order valence-electron chi connectivity index (χ3n) is 5.99. The van der Waals surface area contributed by atoms with Crippen LogP contribution in [0.1, 0.15) is 30.3 Å². The number of pyridine rings is 2. The molecule has 0 spiro atoms. The van der Waals surface area contributed by atoms with Crippen LogP contribution >= 0.6 is 0 Å². The summed E-state index contributed by atoms with van der Waals surface area (Å²) in [5.41, 5.74) is 14.2. The molecule has 2 atom stereocenters. The molecule has 9 nitrogen and oxygen atoms in total. The molecular weight excluding hydrogens is 463 g/mol. The van der Waals surface area contributed by atoms with Gasteiger partial charge >= 0.3 is 0 Å². The maximum absolute atomic E-state index is 14.6. The van der Waals surface area contributed by atoms with Crippen LogP contribution in [-0.2, 0) is 4.74 Å². The Morgan fingerprint density at radius 3 is 2.86 bits per heavy atom. The third kappa shape index (κ3) is 5.72. The number of piperidine rings is 1. The van der Waals surface area contributed by atoms with Crippen LogP contribution in [-0.4, -0.2) is 54.8 Å². The van der Waals surface area contributed by atoms with Gasteiger partial charge < -0.3 is 31.2 Å². The van der Waals surface area contributed by atoms with E-state index in [2.05, 4.69) is 20.2 Å². The van der Waals surface area contributed by atoms with Crippen molar-refractivity contribution in [3.05, 3.63) is 60.3 Å². The molecule has 190 valence electrons. The lowest BCUT2D eigenvalue weighted by Crippen LogP contribution is -2.50. The number of rotatable bonds is 8. The summed E-state index contributed by atoms with van der Waals surface area (Å²) >= 11 is 0. The molecule has 1 fully saturated rings. The van der Waals surface area contributed by atoms with Crippen molar-refractivity contribution in [2.75, 3.05) is 42.8 Å². The molecular formula is C26H31FN6O3. The number of nitrogens with two attached hydrogens (primary N) is 2. The molecule has 1 amide bonds. The number of carbonyl (C=O) groups is 1. The lowest BCUT2D eigenvalue weighted by Gasteiger charge is -2.37. The largest absolute Gasteiger partial charge is 0.494 e. The average molecular weight is 495 g/mol. The number of nitrogen functional groups attached to an aromatic ring is 1. The van der Waals surface area contributed by atoms with Gasteiger partial charge in [0.2, 0.25) is 0 Å². The van der Waals surface area contributed by atoms with Crippen molar-refractivity contribution in [3.63, 3.8) is 0 Å². The first-order valence-corrected chi connectivity index (χ1v) is 11.9. The van der Waals surface area contributed by atoms with Crippen LogP contribution in [0.3, 0.4) is 0 Å². The third-order valence-corrected chi connectivity index (χ3v) is 5.99. The van der Waals surface area contributed by atoms with Gasteiger partial charge in [-0.2, -0.15) is 0 Å². The van der Waals surface area contributed by atoms with Gasteiger partial charge in [0.05, 0.1) is 41.7 Å². The fourth-order valence-electron chi connectivity index (χ4n) is 4.21. The molecule has 0 saturated carbocycles. The quantitative estimate of drug-likeness (QED) is 0.434. The second-order valence-electron chi connectivity index (χ2n) is 8.73. The zero-order valence-corrected chi connectivity index (χ0v) is 20.4. The number of benzene rings is 1. The van der Waals surface area contributed by atoms with Crippen LogP contribution in [0.4, 0.5) is 21.5 Å². The number of nitrogens with one attached hydrogen (secondary N) is 1. The molecule has 3 heterocycles. The summed E-state index contributed by atoms with van der Waals surface area (Å²) in [4.78, 5) is 23.9. The van der Waals surface area contributed by atoms with Crippen molar-refractivity contribution < 1.29 is 18.7 Å². The van der Waals surface area contributed by atoms with E-state index in [9.17, 15) is 9.18 Å². The van der Waals surface area contributed by atoms with Gasteiger partial charge in [-0.25, -0.2) is 9.37 Å². The van der Waals surface area contributed by atoms with Crippen LogP contribution < -0.4 is 26.4 Å². The van der Waals surface area contributed by atoms with Gasteiger partial charge in [-0.1, -0.05) is 6.92 Å². The Labute approximate surface area is 209 Å². The molecule has 3 aromatic rings. The normalized spacial score (nSPS) is 17.6. The highest BCUT2D eigenvalue weighted by Gasteiger charge is 2.27. The zero-order chi connectivity index (χ0) is 25.7. The van der Waals surface area contributed by atoms with Crippen LogP contribution in [0, 0.1) is 5.82 Å². The number of carbonyl (C=O) groups excluding carboxylic acids is 1. The number of nitrogens with zero attached hydrogens (tertiary/aromatic N) is 3. The molecule has 0 unspecified atom stereocenters. The van der Waals surface area contributed by atoms with Crippen molar-refractivity contribution in [2.45, 2.75) is 31.9 Å². The molecule has 1 saturated heterocycles. The Morgan fingerprint density at radius 2 is 2.08 bits per heavy atom. The Hall–Kier alpha value is -3.76. The van der Waals surface area contributed by atoms with Crippen molar-refractivity contribution in [1.82, 2.24) is 9.97 Å². The number of amides is 1. The summed E-state index contributed by atoms with van der Waals surface area (Å²) in [7, 11) is 1.66. The fourth-order valence-corrected chi connectivity index (χ4v) is 4.21. The Kier molecular flexibility index (Phi) is 7.97. The maximum atomic E-state index is 14.6. The molecule has 36 heavy (non-hydrogen) atoms. The van der Waals surface area contributed by atoms with Crippen molar-refractivity contribution in [2.24, 2.45) is 5.73 Å². The summed E-state index contributed by atoms with van der Waals surface area (Å²) in [5.74, 6) is -0.495. The van der Waals surface area contributed by atoms with Crippen molar-refractivity contribution in [1.29, 1.82) is 0 Å². The molecule has 1 aliphatic heterocycles. The number of halogens is 1. The van der Waals surface area contributed by atoms with Crippen LogP contribution in [0.5, 0.6) is 5.75 Å². The van der Waals surface area contributed by atoms with Gasteiger partial charge in [0, 0.05) is 38.0 Å². The second kappa shape index (κ2) is 11.3. The van der Waals surface area contributed by atoms with Crippen LogP contribution in [0.2, 0.25) is 0 Å². The van der Waals surface area contributed by atoms with Crippen molar-refractivity contribution >= 4 is 23.0 Å². The lowest BCUT2D eigenvalue weighted by molar-refractivity contribution is 0.0836. The van der Waals surface area contributed by atoms with E-state index < -0.39 is 11.7 Å². The maximum Gasteiger partial charge on any atom is 0.276 e. The number of hydrogen-bond acceptors (Lipinski definition) is 8. The SMILES string of the molecule is CCCOc1ccc(F)c(-c2ccc(N)c(C(=O)Nc3cnccc3N3C[C@@H](N)C[C@@H](OC)C3)n2)c1. The van der Waals surface area contributed by atoms with E-state index in [0.717, 1.165) is 18.5 Å². The molecule has 0 aliphatic carbocycles. The standard InChI is InChI=1S/C26H31FN6O3/c1-3-10-36-17-4-5-20(27)19(12-17)22-7-6-21(29)25(31-22)26(34)32-23-13-30-9-8-24(23)33-14-16(28)11-18(15-33)35-2/h4-9,12-13,16,18H,3,10-11,14-15,28-29H2,1-2H3,(H,32,34)/t16-,18+/m0/s1. The van der Waals surface area contributed by atoms with E-state index in [4.69, 9.17) is 20.9 Å². The minimum absolute atomic E-state index is 0.0216. The van der Waals surface area contributed by atoms with Gasteiger partial charge in [0.15, 0.2) is 5.69 Å². The molecule has 1 aromatic carbocycles. The molecule has 0 radical (unpaired) electrons. The molecule has 4 rings (SSSR count). The molecule has 0 bridgehead atoms. The number of aromatic nitrogens is 2. The van der Waals surface area contributed by atoms with Gasteiger partial charge in [-0.3, -0.25) is 9.78 Å². The lowest BCUT2D eigenvalue weighted by atomic mass is 10.0. The summed E-state index contributed by atoms with van der Waals surface area (Å²) in [6.45, 7) is 3.73. The first-order chi connectivity index (χ1) is 17.4. The number of anilines is 3. The van der Waals surface area contributed by atoms with Gasteiger partial charge in [-0.05, 0) is 49.2 Å². The van der Waals surface area contributed by atoms with E-state index in [1.165, 1.54) is 12.1 Å². The van der Waals surface area contributed by atoms with E-state index >= 15 is 0 Å². The predicted molar refractivity (Wildman–Crippen MR) is 138 cm³/mol. The fraction of sp³-hybridized carbons (Fsp3) is 0.346. The van der Waals surface area contributed by atoms with Crippen LogP contribution in [0.25, 0.3) is 11.3 Å². The van der Waals surface area contributed by atoms with Gasteiger partial charge in [0.25, 0.3) is 5.91 Å². The number of hydrogen-bond donors (Lipinski definition) is 3. The molecule has 1 aliphatic rings. The smallest absolute Gasteiger partial charge is 0.276 e. The van der Waals surface area contributed by atoms with Crippen LogP contribution in [0.15, 0.2) is 48.8 Å². The van der Waals surface area contributed by atoms with Crippen molar-refractivity contribution in [3.8, 4) is 17.0 Å². The summed E-state index contributed by atoms with van der Waals surface area (Å²) in [5, 5.41) is 2.86. The Balaban J connectivity index is 1.61. The topological polar surface area (TPSA) is 129 Å². The average Bonchev–Trinajstić information content (AvgIpc) is 2.88. The van der Waals surface area contributed by atoms with Gasteiger partial charge in [0.1, 0.15) is 11.6 Å². The first-order valence-electron chi connectivity index (χ1n) is 11.9. The van der Waals surface area contributed by atoms with E-state index in [-0.39, 0.29) is 34.8 Å². The molecule has 2 aromatic heterocycles. The minimum atomic E-state index is -0.535. The van der Waals surface area contributed by atoms with E-state index in [1.807, 2.05) is 13.0 Å². The molecule has 5 N–H and O–H groups in total. The van der Waals surface area contributed by atoms with E-state index in [0.29, 0.717) is 31.1 Å². The highest BCUT2D eigenvalue weighted by Crippen LogP contribution is 2.30.